The summed E-state index contributed by atoms with van der Waals surface area (Å²) in [7, 11) is 0. The highest BCUT2D eigenvalue weighted by atomic mass is 16.2. The molecule has 1 aliphatic heterocycles. The van der Waals surface area contributed by atoms with Gasteiger partial charge in [-0.15, -0.1) is 0 Å². The Balaban J connectivity index is 1.91. The summed E-state index contributed by atoms with van der Waals surface area (Å²) in [6.07, 6.45) is 0. The summed E-state index contributed by atoms with van der Waals surface area (Å²) in [4.78, 5) is 40.5. The molecule has 6 heteroatoms. The molecule has 6 nitrogen and oxygen atoms in total. The molecular formula is C24H21N3O3. The number of aryl methyl sites for hydroxylation is 1. The Labute approximate surface area is 174 Å². The van der Waals surface area contributed by atoms with Gasteiger partial charge in [-0.1, -0.05) is 84.9 Å². The van der Waals surface area contributed by atoms with Gasteiger partial charge in [-0.2, -0.15) is 0 Å². The number of hydrogen-bond acceptors (Lipinski definition) is 3. The lowest BCUT2D eigenvalue weighted by atomic mass is 9.82. The average Bonchev–Trinajstić information content (AvgIpc) is 3.02. The third kappa shape index (κ3) is 2.93. The normalized spacial score (nSPS) is 16.2. The first-order chi connectivity index (χ1) is 14.5. The van der Waals surface area contributed by atoms with Crippen LogP contribution in [0.25, 0.3) is 0 Å². The minimum absolute atomic E-state index is 0.519. The van der Waals surface area contributed by atoms with Crippen LogP contribution in [0.15, 0.2) is 84.9 Å². The first kappa shape index (κ1) is 19.4. The van der Waals surface area contributed by atoms with E-state index in [4.69, 9.17) is 5.73 Å². The second kappa shape index (κ2) is 7.48. The Hall–Kier alpha value is -3.93. The van der Waals surface area contributed by atoms with Gasteiger partial charge in [0.1, 0.15) is 6.04 Å². The van der Waals surface area contributed by atoms with Gasteiger partial charge >= 0.3 is 6.03 Å². The van der Waals surface area contributed by atoms with E-state index in [-0.39, 0.29) is 0 Å². The van der Waals surface area contributed by atoms with E-state index >= 15 is 0 Å². The molecule has 1 fully saturated rings. The van der Waals surface area contributed by atoms with E-state index in [2.05, 4.69) is 5.32 Å². The smallest absolute Gasteiger partial charge is 0.326 e. The zero-order chi connectivity index (χ0) is 21.3. The molecule has 30 heavy (non-hydrogen) atoms. The summed E-state index contributed by atoms with van der Waals surface area (Å²) in [5, 5.41) is 2.85. The van der Waals surface area contributed by atoms with Crippen molar-refractivity contribution in [3.63, 3.8) is 0 Å². The van der Waals surface area contributed by atoms with E-state index in [9.17, 15) is 14.4 Å². The number of urea groups is 1. The van der Waals surface area contributed by atoms with Gasteiger partial charge in [-0.25, -0.2) is 9.69 Å². The number of nitrogens with two attached hydrogens (primary N) is 1. The van der Waals surface area contributed by atoms with Crippen LogP contribution < -0.4 is 11.1 Å². The molecule has 0 aromatic heterocycles. The standard InChI is InChI=1S/C24H21N3O3/c1-16-10-8-9-15-19(16)20(21(25)28)27-22(29)24(26-23(27)30,17-11-4-2-5-12-17)18-13-6-3-7-14-18/h2-15,20H,1H3,(H2,25,28)(H,26,30). The van der Waals surface area contributed by atoms with Gasteiger partial charge in [0.05, 0.1) is 0 Å². The molecule has 3 N–H and O–H groups in total. The third-order valence-electron chi connectivity index (χ3n) is 5.48. The number of carbonyl (C=O) groups is 3. The van der Waals surface area contributed by atoms with Crippen molar-refractivity contribution in [2.24, 2.45) is 5.73 Å². The highest BCUT2D eigenvalue weighted by Gasteiger charge is 2.56. The van der Waals surface area contributed by atoms with Gasteiger partial charge in [0.15, 0.2) is 5.54 Å². The number of carbonyl (C=O) groups excluding carboxylic acids is 3. The zero-order valence-corrected chi connectivity index (χ0v) is 16.4. The number of benzene rings is 3. The maximum absolute atomic E-state index is 13.9. The van der Waals surface area contributed by atoms with Crippen LogP contribution in [0.4, 0.5) is 4.79 Å². The molecule has 3 aromatic carbocycles. The highest BCUT2D eigenvalue weighted by molar-refractivity contribution is 6.12. The molecule has 150 valence electrons. The molecule has 4 rings (SSSR count). The summed E-state index contributed by atoms with van der Waals surface area (Å²) >= 11 is 0. The van der Waals surface area contributed by atoms with Crippen LogP contribution in [0, 0.1) is 6.92 Å². The van der Waals surface area contributed by atoms with Crippen LogP contribution in [0.2, 0.25) is 0 Å². The van der Waals surface area contributed by atoms with Gasteiger partial charge in [-0.05, 0) is 29.2 Å². The molecule has 1 saturated heterocycles. The van der Waals surface area contributed by atoms with E-state index < -0.39 is 29.4 Å². The molecule has 1 atom stereocenters. The first-order valence-electron chi connectivity index (χ1n) is 9.58. The van der Waals surface area contributed by atoms with Crippen molar-refractivity contribution in [1.29, 1.82) is 0 Å². The fourth-order valence-electron chi connectivity index (χ4n) is 4.03. The molecule has 0 saturated carbocycles. The Kier molecular flexibility index (Phi) is 4.83. The molecule has 4 amide bonds. The van der Waals surface area contributed by atoms with Crippen LogP contribution in [-0.4, -0.2) is 22.7 Å². The molecular weight excluding hydrogens is 378 g/mol. The van der Waals surface area contributed by atoms with Crippen LogP contribution in [0.3, 0.4) is 0 Å². The maximum Gasteiger partial charge on any atom is 0.326 e. The van der Waals surface area contributed by atoms with E-state index in [1.165, 1.54) is 0 Å². The van der Waals surface area contributed by atoms with E-state index in [0.717, 1.165) is 10.5 Å². The molecule has 0 radical (unpaired) electrons. The average molecular weight is 399 g/mol. The van der Waals surface area contributed by atoms with Crippen molar-refractivity contribution in [2.45, 2.75) is 18.5 Å². The second-order valence-corrected chi connectivity index (χ2v) is 7.25. The predicted octanol–water partition coefficient (Wildman–Crippen LogP) is 3.02. The minimum atomic E-state index is -1.45. The molecule has 3 aromatic rings. The fraction of sp³-hybridized carbons (Fsp3) is 0.125. The summed E-state index contributed by atoms with van der Waals surface area (Å²) in [6.45, 7) is 1.81. The number of imide groups is 1. The molecule has 1 unspecified atom stereocenters. The number of primary amides is 1. The Morgan fingerprint density at radius 1 is 0.867 bits per heavy atom. The molecule has 0 spiro atoms. The molecule has 1 aliphatic rings. The minimum Gasteiger partial charge on any atom is -0.368 e. The fourth-order valence-corrected chi connectivity index (χ4v) is 4.03. The maximum atomic E-state index is 13.9. The van der Waals surface area contributed by atoms with Crippen molar-refractivity contribution in [3.8, 4) is 0 Å². The van der Waals surface area contributed by atoms with Gasteiger partial charge < -0.3 is 11.1 Å². The van der Waals surface area contributed by atoms with Crippen molar-refractivity contribution >= 4 is 17.8 Å². The zero-order valence-electron chi connectivity index (χ0n) is 16.4. The topological polar surface area (TPSA) is 92.5 Å². The summed E-state index contributed by atoms with van der Waals surface area (Å²) < 4.78 is 0. The SMILES string of the molecule is Cc1ccccc1C(C(N)=O)N1C(=O)NC(c2ccccc2)(c2ccccc2)C1=O. The molecule has 0 aliphatic carbocycles. The van der Waals surface area contributed by atoms with Gasteiger partial charge in [0, 0.05) is 0 Å². The van der Waals surface area contributed by atoms with E-state index in [1.807, 2.05) is 31.2 Å². The van der Waals surface area contributed by atoms with Crippen molar-refractivity contribution in [1.82, 2.24) is 10.2 Å². The summed E-state index contributed by atoms with van der Waals surface area (Å²) in [5.41, 5.74) is 6.73. The van der Waals surface area contributed by atoms with Crippen molar-refractivity contribution in [2.75, 3.05) is 0 Å². The van der Waals surface area contributed by atoms with Gasteiger partial charge in [0.25, 0.3) is 5.91 Å². The lowest BCUT2D eigenvalue weighted by Gasteiger charge is -2.29. The highest BCUT2D eigenvalue weighted by Crippen LogP contribution is 2.39. The lowest BCUT2D eigenvalue weighted by molar-refractivity contribution is -0.137. The van der Waals surface area contributed by atoms with Gasteiger partial charge in [0.2, 0.25) is 5.91 Å². The molecule has 1 heterocycles. The van der Waals surface area contributed by atoms with Crippen LogP contribution in [-0.2, 0) is 15.1 Å². The number of hydrogen-bond donors (Lipinski definition) is 2. The quantitative estimate of drug-likeness (QED) is 0.646. The van der Waals surface area contributed by atoms with Crippen molar-refractivity contribution in [3.05, 3.63) is 107 Å². The summed E-state index contributed by atoms with van der Waals surface area (Å²) in [6, 6.07) is 23.2. The predicted molar refractivity (Wildman–Crippen MR) is 112 cm³/mol. The number of rotatable bonds is 5. The van der Waals surface area contributed by atoms with Crippen LogP contribution >= 0.6 is 0 Å². The largest absolute Gasteiger partial charge is 0.368 e. The second-order valence-electron chi connectivity index (χ2n) is 7.25. The Morgan fingerprint density at radius 2 is 1.37 bits per heavy atom. The monoisotopic (exact) mass is 399 g/mol. The van der Waals surface area contributed by atoms with E-state index in [0.29, 0.717) is 16.7 Å². The molecule has 0 bridgehead atoms. The lowest BCUT2D eigenvalue weighted by Crippen LogP contribution is -2.46. The Morgan fingerprint density at radius 3 is 1.87 bits per heavy atom. The van der Waals surface area contributed by atoms with Gasteiger partial charge in [-0.3, -0.25) is 9.59 Å². The van der Waals surface area contributed by atoms with E-state index in [1.54, 1.807) is 60.7 Å². The number of amides is 4. The summed E-state index contributed by atoms with van der Waals surface area (Å²) in [5.74, 6) is -1.32. The van der Waals surface area contributed by atoms with Crippen LogP contribution in [0.5, 0.6) is 0 Å². The van der Waals surface area contributed by atoms with Crippen LogP contribution in [0.1, 0.15) is 28.3 Å². The van der Waals surface area contributed by atoms with Crippen molar-refractivity contribution < 1.29 is 14.4 Å². The Bertz CT molecular complexity index is 1070. The number of nitrogens with one attached hydrogen (secondary N) is 1. The third-order valence-corrected chi connectivity index (χ3v) is 5.48. The number of nitrogens with zero attached hydrogens (tertiary/aromatic N) is 1. The first-order valence-corrected chi connectivity index (χ1v) is 9.58.